The van der Waals surface area contributed by atoms with Gasteiger partial charge in [-0.1, -0.05) is 24.3 Å². The van der Waals surface area contributed by atoms with Crippen LogP contribution in [0.15, 0.2) is 82.2 Å². The molecule has 3 aromatic carbocycles. The number of para-hydroxylation sites is 1. The summed E-state index contributed by atoms with van der Waals surface area (Å²) in [7, 11) is -4.11. The van der Waals surface area contributed by atoms with Crippen molar-refractivity contribution in [1.29, 1.82) is 0 Å². The Hall–Kier alpha value is -3.24. The number of anilines is 2. The van der Waals surface area contributed by atoms with Crippen LogP contribution in [0, 0.1) is 10.1 Å². The van der Waals surface area contributed by atoms with E-state index in [9.17, 15) is 23.3 Å². The lowest BCUT2D eigenvalue weighted by atomic mass is 10.2. The second-order valence-corrected chi connectivity index (χ2v) is 8.38. The molecule has 2 N–H and O–H groups in total. The van der Waals surface area contributed by atoms with Crippen LogP contribution in [-0.4, -0.2) is 19.2 Å². The average molecular weight is 476 g/mol. The minimum Gasteiger partial charge on any atom is -0.322 e. The highest BCUT2D eigenvalue weighted by molar-refractivity contribution is 9.10. The maximum absolute atomic E-state index is 12.8. The van der Waals surface area contributed by atoms with Gasteiger partial charge in [0.25, 0.3) is 21.6 Å². The van der Waals surface area contributed by atoms with Crippen molar-refractivity contribution < 1.29 is 18.1 Å². The average Bonchev–Trinajstić information content (AvgIpc) is 2.68. The van der Waals surface area contributed by atoms with Crippen LogP contribution in [-0.2, 0) is 10.0 Å². The Morgan fingerprint density at radius 2 is 1.62 bits per heavy atom. The summed E-state index contributed by atoms with van der Waals surface area (Å²) in [4.78, 5) is 22.6. The van der Waals surface area contributed by atoms with E-state index in [4.69, 9.17) is 0 Å². The highest BCUT2D eigenvalue weighted by atomic mass is 79.9. The van der Waals surface area contributed by atoms with E-state index in [0.29, 0.717) is 5.69 Å². The Morgan fingerprint density at radius 3 is 2.31 bits per heavy atom. The summed E-state index contributed by atoms with van der Waals surface area (Å²) in [5.41, 5.74) is 0.488. The molecule has 0 saturated heterocycles. The Balaban J connectivity index is 1.89. The summed E-state index contributed by atoms with van der Waals surface area (Å²) in [5.74, 6) is -0.476. The van der Waals surface area contributed by atoms with Crippen molar-refractivity contribution in [1.82, 2.24) is 0 Å². The molecule has 0 spiro atoms. The van der Waals surface area contributed by atoms with E-state index in [0.717, 1.165) is 6.07 Å². The number of hydrogen-bond donors (Lipinski definition) is 2. The maximum Gasteiger partial charge on any atom is 0.271 e. The number of sulfonamides is 1. The highest BCUT2D eigenvalue weighted by Crippen LogP contribution is 2.27. The summed E-state index contributed by atoms with van der Waals surface area (Å²) in [6.45, 7) is 0. The fourth-order valence-corrected chi connectivity index (χ4v) is 4.51. The van der Waals surface area contributed by atoms with Gasteiger partial charge in [0.15, 0.2) is 0 Å². The molecule has 0 radical (unpaired) electrons. The molecular weight excluding hydrogens is 462 g/mol. The van der Waals surface area contributed by atoms with E-state index in [1.165, 1.54) is 36.4 Å². The summed E-state index contributed by atoms with van der Waals surface area (Å²) in [6.07, 6.45) is 0. The number of nitrogens with one attached hydrogen (secondary N) is 2. The van der Waals surface area contributed by atoms with Gasteiger partial charge in [0.1, 0.15) is 4.90 Å². The number of carbonyl (C=O) groups excluding carboxylic acids is 1. The molecule has 3 rings (SSSR count). The van der Waals surface area contributed by atoms with Gasteiger partial charge in [-0.05, 0) is 52.3 Å². The summed E-state index contributed by atoms with van der Waals surface area (Å²) < 4.78 is 28.1. The highest BCUT2D eigenvalue weighted by Gasteiger charge is 2.21. The van der Waals surface area contributed by atoms with Crippen molar-refractivity contribution in [3.8, 4) is 0 Å². The van der Waals surface area contributed by atoms with E-state index in [2.05, 4.69) is 26.0 Å². The number of nitrogens with zero attached hydrogens (tertiary/aromatic N) is 1. The van der Waals surface area contributed by atoms with Crippen molar-refractivity contribution in [2.75, 3.05) is 10.0 Å². The monoisotopic (exact) mass is 475 g/mol. The molecule has 148 valence electrons. The predicted molar refractivity (Wildman–Crippen MR) is 112 cm³/mol. The molecule has 0 aliphatic carbocycles. The van der Waals surface area contributed by atoms with E-state index < -0.39 is 20.9 Å². The minimum absolute atomic E-state index is 0.0326. The zero-order valence-corrected chi connectivity index (χ0v) is 17.1. The van der Waals surface area contributed by atoms with Crippen molar-refractivity contribution in [2.24, 2.45) is 0 Å². The Kier molecular flexibility index (Phi) is 5.95. The molecule has 10 heteroatoms. The van der Waals surface area contributed by atoms with Gasteiger partial charge >= 0.3 is 0 Å². The van der Waals surface area contributed by atoms with E-state index in [1.54, 1.807) is 30.3 Å². The number of non-ortho nitro benzene ring substituents is 1. The molecule has 0 atom stereocenters. The number of amides is 1. The Morgan fingerprint density at radius 1 is 0.931 bits per heavy atom. The molecule has 0 saturated carbocycles. The fourth-order valence-electron chi connectivity index (χ4n) is 2.47. The number of hydrogen-bond acceptors (Lipinski definition) is 5. The van der Waals surface area contributed by atoms with Gasteiger partial charge < -0.3 is 5.32 Å². The third kappa shape index (κ3) is 4.98. The van der Waals surface area contributed by atoms with Crippen LogP contribution in [0.25, 0.3) is 0 Å². The maximum atomic E-state index is 12.8. The number of nitro benzene ring substituents is 1. The molecule has 0 unspecified atom stereocenters. The number of rotatable bonds is 6. The lowest BCUT2D eigenvalue weighted by molar-refractivity contribution is -0.384. The summed E-state index contributed by atoms with van der Waals surface area (Å²) in [6, 6.07) is 18.0. The zero-order chi connectivity index (χ0) is 21.0. The molecule has 29 heavy (non-hydrogen) atoms. The number of carbonyl (C=O) groups is 1. The SMILES string of the molecule is O=C(Nc1ccccc1)c1ccc(Br)c(S(=O)(=O)Nc2cccc([N+](=O)[O-])c2)c1. The van der Waals surface area contributed by atoms with Gasteiger partial charge in [-0.2, -0.15) is 0 Å². The quantitative estimate of drug-likeness (QED) is 0.404. The molecule has 1 amide bonds. The normalized spacial score (nSPS) is 10.9. The van der Waals surface area contributed by atoms with Crippen LogP contribution < -0.4 is 10.0 Å². The first-order valence-corrected chi connectivity index (χ1v) is 10.5. The smallest absolute Gasteiger partial charge is 0.271 e. The van der Waals surface area contributed by atoms with Gasteiger partial charge in [0, 0.05) is 27.9 Å². The van der Waals surface area contributed by atoms with Gasteiger partial charge in [-0.3, -0.25) is 19.6 Å². The predicted octanol–water partition coefficient (Wildman–Crippen LogP) is 4.41. The Bertz CT molecular complexity index is 1180. The van der Waals surface area contributed by atoms with Crippen molar-refractivity contribution >= 4 is 48.9 Å². The Labute approximate surface area is 174 Å². The van der Waals surface area contributed by atoms with Crippen LogP contribution in [0.2, 0.25) is 0 Å². The third-order valence-electron chi connectivity index (χ3n) is 3.82. The molecule has 0 bridgehead atoms. The molecule has 0 aromatic heterocycles. The molecule has 0 aliphatic rings. The minimum atomic E-state index is -4.11. The second kappa shape index (κ2) is 8.41. The molecule has 0 fully saturated rings. The second-order valence-electron chi connectivity index (χ2n) is 5.88. The standard InChI is InChI=1S/C19H14BrN3O5S/c20-17-10-9-13(19(24)21-14-5-2-1-3-6-14)11-18(17)29(27,28)22-15-7-4-8-16(12-15)23(25)26/h1-12,22H,(H,21,24). The van der Waals surface area contributed by atoms with Gasteiger partial charge in [-0.25, -0.2) is 8.42 Å². The molecule has 3 aromatic rings. The largest absolute Gasteiger partial charge is 0.322 e. The molecular formula is C19H14BrN3O5S. The van der Waals surface area contributed by atoms with Crippen molar-refractivity contribution in [2.45, 2.75) is 4.90 Å². The van der Waals surface area contributed by atoms with Crippen LogP contribution >= 0.6 is 15.9 Å². The topological polar surface area (TPSA) is 118 Å². The van der Waals surface area contributed by atoms with Crippen molar-refractivity contribution in [3.05, 3.63) is 92.9 Å². The van der Waals surface area contributed by atoms with E-state index in [-0.39, 0.29) is 26.3 Å². The first-order chi connectivity index (χ1) is 13.8. The lowest BCUT2D eigenvalue weighted by Crippen LogP contribution is -2.16. The van der Waals surface area contributed by atoms with Gasteiger partial charge in [0.2, 0.25) is 0 Å². The van der Waals surface area contributed by atoms with E-state index in [1.807, 2.05) is 0 Å². The summed E-state index contributed by atoms with van der Waals surface area (Å²) >= 11 is 3.17. The summed E-state index contributed by atoms with van der Waals surface area (Å²) in [5, 5.41) is 13.6. The van der Waals surface area contributed by atoms with Gasteiger partial charge in [-0.15, -0.1) is 0 Å². The number of nitro groups is 1. The fraction of sp³-hybridized carbons (Fsp3) is 0. The molecule has 8 nitrogen and oxygen atoms in total. The lowest BCUT2D eigenvalue weighted by Gasteiger charge is -2.11. The van der Waals surface area contributed by atoms with Crippen LogP contribution in [0.1, 0.15) is 10.4 Å². The van der Waals surface area contributed by atoms with Crippen LogP contribution in [0.4, 0.5) is 17.1 Å². The van der Waals surface area contributed by atoms with Crippen LogP contribution in [0.5, 0.6) is 0 Å². The third-order valence-corrected chi connectivity index (χ3v) is 6.20. The van der Waals surface area contributed by atoms with Gasteiger partial charge in [0.05, 0.1) is 10.6 Å². The number of halogens is 1. The molecule has 0 heterocycles. The van der Waals surface area contributed by atoms with Crippen molar-refractivity contribution in [3.63, 3.8) is 0 Å². The molecule has 0 aliphatic heterocycles. The number of benzene rings is 3. The zero-order valence-electron chi connectivity index (χ0n) is 14.7. The van der Waals surface area contributed by atoms with E-state index >= 15 is 0 Å². The first-order valence-electron chi connectivity index (χ1n) is 8.19. The first kappa shape index (κ1) is 20.5. The van der Waals surface area contributed by atoms with Crippen LogP contribution in [0.3, 0.4) is 0 Å².